The van der Waals surface area contributed by atoms with Gasteiger partial charge in [-0.15, -0.1) is 0 Å². The summed E-state index contributed by atoms with van der Waals surface area (Å²) in [6.07, 6.45) is 7.64. The molecule has 0 N–H and O–H groups in total. The number of para-hydroxylation sites is 1. The van der Waals surface area contributed by atoms with Crippen molar-refractivity contribution < 1.29 is 0 Å². The Bertz CT molecular complexity index is 2840. The van der Waals surface area contributed by atoms with E-state index in [1.54, 1.807) is 0 Å². The topological polar surface area (TPSA) is 48.5 Å². The first-order valence-corrected chi connectivity index (χ1v) is 17.2. The second kappa shape index (κ2) is 12.0. The Morgan fingerprint density at radius 3 is 1.71 bits per heavy atom. The standard InChI is InChI=1S/C45H30BN5/c1-3-11-31(12-4-1)32-18-23-45(49-29-32)51-42-28-35(20-22-38(42)39-24-26-47-30-43(39)51)46(33-13-5-2-6-14-33)34-19-21-37-36-15-7-8-16-40(36)50(41(37)27-34)44-17-9-10-25-48-44/h1-30H. The zero-order valence-corrected chi connectivity index (χ0v) is 27.6. The normalized spacial score (nSPS) is 11.5. The van der Waals surface area contributed by atoms with E-state index in [0.717, 1.165) is 50.2 Å². The molecule has 0 spiro atoms. The molecule has 51 heavy (non-hydrogen) atoms. The predicted octanol–water partition coefficient (Wildman–Crippen LogP) is 8.25. The molecule has 238 valence electrons. The fraction of sp³-hybridized carbons (Fsp3) is 0. The Morgan fingerprint density at radius 2 is 1.00 bits per heavy atom. The van der Waals surface area contributed by atoms with Crippen LogP contribution >= 0.6 is 0 Å². The van der Waals surface area contributed by atoms with E-state index in [4.69, 9.17) is 9.97 Å². The van der Waals surface area contributed by atoms with E-state index in [9.17, 15) is 0 Å². The van der Waals surface area contributed by atoms with Gasteiger partial charge >= 0.3 is 0 Å². The number of hydrogen-bond donors (Lipinski definition) is 0. The second-order valence-electron chi connectivity index (χ2n) is 12.9. The molecule has 0 bridgehead atoms. The van der Waals surface area contributed by atoms with Gasteiger partial charge < -0.3 is 0 Å². The number of pyridine rings is 3. The van der Waals surface area contributed by atoms with Crippen molar-refractivity contribution in [1.29, 1.82) is 0 Å². The molecule has 5 aromatic carbocycles. The summed E-state index contributed by atoms with van der Waals surface area (Å²) < 4.78 is 4.54. The van der Waals surface area contributed by atoms with E-state index < -0.39 is 0 Å². The lowest BCUT2D eigenvalue weighted by Crippen LogP contribution is -2.52. The Balaban J connectivity index is 1.19. The molecule has 0 unspecified atom stereocenters. The van der Waals surface area contributed by atoms with Crippen LogP contribution < -0.4 is 16.4 Å². The highest BCUT2D eigenvalue weighted by Crippen LogP contribution is 2.33. The summed E-state index contributed by atoms with van der Waals surface area (Å²) >= 11 is 0. The van der Waals surface area contributed by atoms with Crippen molar-refractivity contribution in [2.75, 3.05) is 0 Å². The molecular formula is C45H30BN5. The Morgan fingerprint density at radius 1 is 0.373 bits per heavy atom. The van der Waals surface area contributed by atoms with Gasteiger partial charge in [-0.3, -0.25) is 14.1 Å². The van der Waals surface area contributed by atoms with Crippen LogP contribution in [0.1, 0.15) is 0 Å². The van der Waals surface area contributed by atoms with Gasteiger partial charge in [-0.1, -0.05) is 126 Å². The van der Waals surface area contributed by atoms with Crippen molar-refractivity contribution in [3.05, 3.63) is 183 Å². The average molecular weight is 652 g/mol. The Labute approximate surface area is 295 Å². The summed E-state index contributed by atoms with van der Waals surface area (Å²) in [6.45, 7) is -0.0202. The van der Waals surface area contributed by atoms with Crippen molar-refractivity contribution in [3.63, 3.8) is 0 Å². The Hall–Kier alpha value is -6.79. The molecule has 10 rings (SSSR count). The van der Waals surface area contributed by atoms with E-state index in [1.165, 1.54) is 32.5 Å². The number of hydrogen-bond acceptors (Lipinski definition) is 3. The molecule has 0 aliphatic rings. The third kappa shape index (κ3) is 4.84. The van der Waals surface area contributed by atoms with E-state index in [2.05, 4.69) is 154 Å². The van der Waals surface area contributed by atoms with Crippen molar-refractivity contribution in [1.82, 2.24) is 24.1 Å². The maximum Gasteiger partial charge on any atom is 0.241 e. The first kappa shape index (κ1) is 29.2. The van der Waals surface area contributed by atoms with Gasteiger partial charge in [-0.25, -0.2) is 9.97 Å². The summed E-state index contributed by atoms with van der Waals surface area (Å²) in [5.74, 6) is 1.76. The molecule has 5 heterocycles. The predicted molar refractivity (Wildman–Crippen MR) is 211 cm³/mol. The monoisotopic (exact) mass is 651 g/mol. The summed E-state index contributed by atoms with van der Waals surface area (Å²) in [7, 11) is 0. The number of rotatable bonds is 6. The van der Waals surface area contributed by atoms with E-state index in [0.29, 0.717) is 0 Å². The SMILES string of the molecule is c1ccc(B(c2ccc3c4ccccc4n(-c4ccccn4)c3c2)c2ccc3c4ccncc4n(-c4ccc(-c5ccccc5)cn4)c3c2)cc1. The highest BCUT2D eigenvalue weighted by molar-refractivity contribution is 6.95. The van der Waals surface area contributed by atoms with Gasteiger partial charge in [0.2, 0.25) is 6.71 Å². The fourth-order valence-corrected chi connectivity index (χ4v) is 7.75. The average Bonchev–Trinajstić information content (AvgIpc) is 3.71. The van der Waals surface area contributed by atoms with Gasteiger partial charge in [0, 0.05) is 45.7 Å². The molecule has 10 aromatic rings. The van der Waals surface area contributed by atoms with Crippen LogP contribution in [0.15, 0.2) is 183 Å². The zero-order valence-electron chi connectivity index (χ0n) is 27.6. The highest BCUT2D eigenvalue weighted by Gasteiger charge is 2.25. The number of benzene rings is 5. The molecule has 6 heteroatoms. The smallest absolute Gasteiger partial charge is 0.241 e. The second-order valence-corrected chi connectivity index (χ2v) is 12.9. The summed E-state index contributed by atoms with van der Waals surface area (Å²) in [5, 5.41) is 4.74. The fourth-order valence-electron chi connectivity index (χ4n) is 7.75. The lowest BCUT2D eigenvalue weighted by atomic mass is 9.37. The van der Waals surface area contributed by atoms with Crippen molar-refractivity contribution in [2.24, 2.45) is 0 Å². The van der Waals surface area contributed by atoms with Crippen molar-refractivity contribution >= 4 is 66.7 Å². The maximum atomic E-state index is 5.01. The van der Waals surface area contributed by atoms with Crippen LogP contribution in [0.4, 0.5) is 0 Å². The molecule has 0 aliphatic carbocycles. The lowest BCUT2D eigenvalue weighted by molar-refractivity contribution is 1.08. The van der Waals surface area contributed by atoms with Crippen LogP contribution in [0.25, 0.3) is 66.4 Å². The third-order valence-electron chi connectivity index (χ3n) is 10.1. The highest BCUT2D eigenvalue weighted by atomic mass is 15.1. The number of fused-ring (bicyclic) bond motifs is 6. The molecule has 0 aliphatic heterocycles. The van der Waals surface area contributed by atoms with Crippen molar-refractivity contribution in [2.45, 2.75) is 0 Å². The molecule has 0 atom stereocenters. The van der Waals surface area contributed by atoms with Crippen LogP contribution in [0.3, 0.4) is 0 Å². The molecule has 0 amide bonds. The molecule has 5 aromatic heterocycles. The summed E-state index contributed by atoms with van der Waals surface area (Å²) in [4.78, 5) is 14.3. The van der Waals surface area contributed by atoms with E-state index >= 15 is 0 Å². The summed E-state index contributed by atoms with van der Waals surface area (Å²) in [5.41, 5.74) is 10.3. The van der Waals surface area contributed by atoms with E-state index in [1.807, 2.05) is 43.0 Å². The minimum absolute atomic E-state index is 0.0202. The molecule has 0 radical (unpaired) electrons. The van der Waals surface area contributed by atoms with Gasteiger partial charge in [0.1, 0.15) is 11.6 Å². The number of nitrogens with zero attached hydrogens (tertiary/aromatic N) is 5. The Kier molecular flexibility index (Phi) is 6.84. The van der Waals surface area contributed by atoms with Crippen LogP contribution in [-0.2, 0) is 0 Å². The molecule has 5 nitrogen and oxygen atoms in total. The van der Waals surface area contributed by atoms with Crippen LogP contribution in [-0.4, -0.2) is 30.8 Å². The first-order chi connectivity index (χ1) is 25.3. The van der Waals surface area contributed by atoms with Gasteiger partial charge in [0.05, 0.1) is 28.3 Å². The number of aromatic nitrogens is 5. The minimum Gasteiger partial charge on any atom is -0.294 e. The largest absolute Gasteiger partial charge is 0.294 e. The van der Waals surface area contributed by atoms with Gasteiger partial charge in [-0.05, 0) is 54.1 Å². The van der Waals surface area contributed by atoms with Gasteiger partial charge in [0.25, 0.3) is 0 Å². The first-order valence-electron chi connectivity index (χ1n) is 17.2. The van der Waals surface area contributed by atoms with Gasteiger partial charge in [0.15, 0.2) is 0 Å². The van der Waals surface area contributed by atoms with Crippen LogP contribution in [0, 0.1) is 0 Å². The third-order valence-corrected chi connectivity index (χ3v) is 10.1. The quantitative estimate of drug-likeness (QED) is 0.170. The zero-order chi connectivity index (χ0) is 33.7. The molecule has 0 fully saturated rings. The molecule has 0 saturated heterocycles. The molecule has 0 saturated carbocycles. The van der Waals surface area contributed by atoms with Gasteiger partial charge in [-0.2, -0.15) is 0 Å². The summed E-state index contributed by atoms with van der Waals surface area (Å²) in [6, 6.07) is 56.1. The molecular weight excluding hydrogens is 621 g/mol. The van der Waals surface area contributed by atoms with Crippen LogP contribution in [0.2, 0.25) is 0 Å². The van der Waals surface area contributed by atoms with E-state index in [-0.39, 0.29) is 6.71 Å². The minimum atomic E-state index is -0.0202. The van der Waals surface area contributed by atoms with Crippen molar-refractivity contribution in [3.8, 4) is 22.8 Å². The lowest BCUT2D eigenvalue weighted by Gasteiger charge is -2.17. The maximum absolute atomic E-state index is 5.01. The van der Waals surface area contributed by atoms with Crippen LogP contribution in [0.5, 0.6) is 0 Å².